The second-order valence-electron chi connectivity index (χ2n) is 4.79. The number of sulfone groups is 1. The van der Waals surface area contributed by atoms with Crippen LogP contribution in [0.2, 0.25) is 0 Å². The number of hydrogen-bond donors (Lipinski definition) is 1. The maximum atomic E-state index is 12.7. The predicted molar refractivity (Wildman–Crippen MR) is 95.0 cm³/mol. The average molecular weight is 374 g/mol. The summed E-state index contributed by atoms with van der Waals surface area (Å²) in [5.74, 6) is 0.536. The molecule has 1 heterocycles. The molecule has 0 fully saturated rings. The fraction of sp³-hybridized carbons (Fsp3) is 0.133. The summed E-state index contributed by atoms with van der Waals surface area (Å²) in [6.07, 6.45) is 1.35. The van der Waals surface area contributed by atoms with Gasteiger partial charge in [-0.2, -0.15) is 0 Å². The van der Waals surface area contributed by atoms with E-state index < -0.39 is 9.84 Å². The second-order valence-corrected chi connectivity index (χ2v) is 6.68. The van der Waals surface area contributed by atoms with Crippen molar-refractivity contribution in [2.45, 2.75) is 16.5 Å². The number of imidazole rings is 1. The Morgan fingerprint density at radius 3 is 2.35 bits per heavy atom. The Balaban J connectivity index is 0.00000132. The van der Waals surface area contributed by atoms with Crippen LogP contribution in [0.25, 0.3) is 10.8 Å². The number of nitrogens with two attached hydrogens (primary N) is 1. The molecule has 0 aliphatic heterocycles. The summed E-state index contributed by atoms with van der Waals surface area (Å²) in [6, 6.07) is 12.8. The van der Waals surface area contributed by atoms with E-state index in [1.807, 2.05) is 30.3 Å². The lowest BCUT2D eigenvalue weighted by Crippen LogP contribution is -2.11. The van der Waals surface area contributed by atoms with E-state index in [1.54, 1.807) is 19.2 Å². The Morgan fingerprint density at radius 2 is 1.74 bits per heavy atom. The van der Waals surface area contributed by atoms with Gasteiger partial charge >= 0.3 is 0 Å². The minimum Gasteiger partial charge on any atom is -0.324 e. The van der Waals surface area contributed by atoms with E-state index in [0.29, 0.717) is 5.82 Å². The van der Waals surface area contributed by atoms with Crippen LogP contribution in [0.5, 0.6) is 0 Å². The van der Waals surface area contributed by atoms with Gasteiger partial charge in [0.1, 0.15) is 5.82 Å². The van der Waals surface area contributed by atoms with E-state index in [-0.39, 0.29) is 41.3 Å². The summed E-state index contributed by atoms with van der Waals surface area (Å²) in [6.45, 7) is 0.198. The Morgan fingerprint density at radius 1 is 1.09 bits per heavy atom. The van der Waals surface area contributed by atoms with Crippen molar-refractivity contribution in [3.63, 3.8) is 0 Å². The summed E-state index contributed by atoms with van der Waals surface area (Å²) >= 11 is 0. The van der Waals surface area contributed by atoms with Gasteiger partial charge in [-0.15, -0.1) is 24.8 Å². The Bertz CT molecular complexity index is 923. The van der Waals surface area contributed by atoms with Crippen molar-refractivity contribution in [1.29, 1.82) is 0 Å². The van der Waals surface area contributed by atoms with Crippen LogP contribution >= 0.6 is 24.8 Å². The smallest absolute Gasteiger partial charge is 0.223 e. The van der Waals surface area contributed by atoms with Crippen LogP contribution in [0, 0.1) is 0 Å². The van der Waals surface area contributed by atoms with Gasteiger partial charge in [0.15, 0.2) is 5.03 Å². The topological polar surface area (TPSA) is 78.0 Å². The normalized spacial score (nSPS) is 10.9. The fourth-order valence-electron chi connectivity index (χ4n) is 2.32. The molecule has 0 spiro atoms. The molecule has 0 aliphatic rings. The summed E-state index contributed by atoms with van der Waals surface area (Å²) < 4.78 is 27.0. The molecular formula is C15H17Cl2N3O2S. The van der Waals surface area contributed by atoms with Crippen molar-refractivity contribution >= 4 is 45.4 Å². The third-order valence-corrected chi connectivity index (χ3v) is 5.34. The molecule has 3 rings (SSSR count). The monoisotopic (exact) mass is 373 g/mol. The maximum Gasteiger partial charge on any atom is 0.223 e. The molecule has 0 bridgehead atoms. The number of nitrogens with zero attached hydrogens (tertiary/aromatic N) is 2. The highest BCUT2D eigenvalue weighted by atomic mass is 35.5. The zero-order valence-electron chi connectivity index (χ0n) is 12.3. The van der Waals surface area contributed by atoms with E-state index in [9.17, 15) is 8.42 Å². The molecule has 0 saturated heterocycles. The third-order valence-electron chi connectivity index (χ3n) is 3.53. The first kappa shape index (κ1) is 19.4. The number of aromatic nitrogens is 2. The lowest BCUT2D eigenvalue weighted by molar-refractivity contribution is 0.583. The third kappa shape index (κ3) is 3.35. The Labute approximate surface area is 147 Å². The maximum absolute atomic E-state index is 12.7. The van der Waals surface area contributed by atoms with Gasteiger partial charge < -0.3 is 10.3 Å². The molecule has 8 heteroatoms. The van der Waals surface area contributed by atoms with Gasteiger partial charge in [0.2, 0.25) is 9.84 Å². The van der Waals surface area contributed by atoms with E-state index in [4.69, 9.17) is 5.73 Å². The second kappa shape index (κ2) is 7.31. The number of rotatable bonds is 3. The first-order valence-electron chi connectivity index (χ1n) is 6.48. The van der Waals surface area contributed by atoms with Gasteiger partial charge in [0.05, 0.1) is 17.6 Å². The summed E-state index contributed by atoms with van der Waals surface area (Å²) in [7, 11) is -1.95. The standard InChI is InChI=1S/C15H15N3O2S.2ClH/c1-18-14(9-16)17-10-15(18)21(19,20)13-7-6-11-4-2-3-5-12(11)8-13;;/h2-8,10H,9,16H2,1H3;2*1H. The molecule has 0 amide bonds. The van der Waals surface area contributed by atoms with Gasteiger partial charge in [-0.1, -0.05) is 30.3 Å². The number of halogens is 2. The highest BCUT2D eigenvalue weighted by Crippen LogP contribution is 2.24. The van der Waals surface area contributed by atoms with Gasteiger partial charge in [-0.25, -0.2) is 13.4 Å². The van der Waals surface area contributed by atoms with Crippen molar-refractivity contribution < 1.29 is 8.42 Å². The molecule has 2 aromatic carbocycles. The molecule has 0 saturated carbocycles. The largest absolute Gasteiger partial charge is 0.324 e. The van der Waals surface area contributed by atoms with Crippen LogP contribution in [0.15, 0.2) is 58.6 Å². The quantitative estimate of drug-likeness (QED) is 0.765. The zero-order valence-corrected chi connectivity index (χ0v) is 14.8. The molecule has 5 nitrogen and oxygen atoms in total. The van der Waals surface area contributed by atoms with Gasteiger partial charge in [0.25, 0.3) is 0 Å². The lowest BCUT2D eigenvalue weighted by Gasteiger charge is -2.07. The molecular weight excluding hydrogens is 357 g/mol. The van der Waals surface area contributed by atoms with Crippen LogP contribution in [-0.4, -0.2) is 18.0 Å². The molecule has 124 valence electrons. The summed E-state index contributed by atoms with van der Waals surface area (Å²) in [5, 5.41) is 2.04. The molecule has 23 heavy (non-hydrogen) atoms. The SMILES string of the molecule is Cl.Cl.Cn1c(S(=O)(=O)c2ccc3ccccc3c2)cnc1CN. The van der Waals surface area contributed by atoms with E-state index in [2.05, 4.69) is 4.98 Å². The van der Waals surface area contributed by atoms with E-state index in [1.165, 1.54) is 10.8 Å². The molecule has 0 radical (unpaired) electrons. The van der Waals surface area contributed by atoms with Crippen molar-refractivity contribution in [2.75, 3.05) is 0 Å². The van der Waals surface area contributed by atoms with Crippen molar-refractivity contribution in [3.8, 4) is 0 Å². The number of fused-ring (bicyclic) bond motifs is 1. The highest BCUT2D eigenvalue weighted by Gasteiger charge is 2.23. The Hall–Kier alpha value is -1.60. The van der Waals surface area contributed by atoms with Crippen molar-refractivity contribution in [2.24, 2.45) is 12.8 Å². The van der Waals surface area contributed by atoms with Crippen molar-refractivity contribution in [3.05, 3.63) is 54.5 Å². The van der Waals surface area contributed by atoms with Gasteiger partial charge in [-0.05, 0) is 22.9 Å². The lowest BCUT2D eigenvalue weighted by atomic mass is 10.1. The number of hydrogen-bond acceptors (Lipinski definition) is 4. The van der Waals surface area contributed by atoms with Crippen LogP contribution in [0.1, 0.15) is 5.82 Å². The molecule has 0 atom stereocenters. The summed E-state index contributed by atoms with van der Waals surface area (Å²) in [5.41, 5.74) is 5.54. The van der Waals surface area contributed by atoms with Crippen LogP contribution < -0.4 is 5.73 Å². The molecule has 0 unspecified atom stereocenters. The average Bonchev–Trinajstić information content (AvgIpc) is 2.88. The molecule has 3 aromatic rings. The molecule has 0 aliphatic carbocycles. The van der Waals surface area contributed by atoms with Gasteiger partial charge in [-0.3, -0.25) is 0 Å². The first-order chi connectivity index (χ1) is 10.0. The minimum absolute atomic E-state index is 0. The van der Waals surface area contributed by atoms with Crippen LogP contribution in [0.3, 0.4) is 0 Å². The van der Waals surface area contributed by atoms with Crippen LogP contribution in [-0.2, 0) is 23.4 Å². The minimum atomic E-state index is -3.61. The zero-order chi connectivity index (χ0) is 15.0. The first-order valence-corrected chi connectivity index (χ1v) is 7.97. The van der Waals surface area contributed by atoms with E-state index in [0.717, 1.165) is 10.8 Å². The number of benzene rings is 2. The van der Waals surface area contributed by atoms with Crippen molar-refractivity contribution in [1.82, 2.24) is 9.55 Å². The van der Waals surface area contributed by atoms with Gasteiger partial charge in [0, 0.05) is 7.05 Å². The predicted octanol–water partition coefficient (Wildman–Crippen LogP) is 2.71. The molecule has 2 N–H and O–H groups in total. The fourth-order valence-corrected chi connectivity index (χ4v) is 3.75. The highest BCUT2D eigenvalue weighted by molar-refractivity contribution is 7.91. The van der Waals surface area contributed by atoms with Crippen LogP contribution in [0.4, 0.5) is 0 Å². The summed E-state index contributed by atoms with van der Waals surface area (Å²) in [4.78, 5) is 4.30. The molecule has 1 aromatic heterocycles. The van der Waals surface area contributed by atoms with E-state index >= 15 is 0 Å². The Kier molecular flexibility index (Phi) is 6.18.